The summed E-state index contributed by atoms with van der Waals surface area (Å²) in [5.41, 5.74) is 1.07. The second-order valence-electron chi connectivity index (χ2n) is 6.53. The molecule has 2 aromatic rings. The first kappa shape index (κ1) is 16.8. The quantitative estimate of drug-likeness (QED) is 0.895. The Balaban J connectivity index is 1.36. The maximum Gasteiger partial charge on any atom is 0.257 e. The molecule has 0 aliphatic carbocycles. The summed E-state index contributed by atoms with van der Waals surface area (Å²) >= 11 is 0. The summed E-state index contributed by atoms with van der Waals surface area (Å²) in [6.07, 6.45) is 0. The molecule has 1 saturated heterocycles. The van der Waals surface area contributed by atoms with Gasteiger partial charge in [-0.2, -0.15) is 0 Å². The lowest BCUT2D eigenvalue weighted by Crippen LogP contribution is -3.13. The van der Waals surface area contributed by atoms with E-state index in [2.05, 4.69) is 0 Å². The van der Waals surface area contributed by atoms with E-state index in [1.807, 2.05) is 18.2 Å². The van der Waals surface area contributed by atoms with Gasteiger partial charge in [0.05, 0.1) is 31.7 Å². The number of rotatable bonds is 3. The van der Waals surface area contributed by atoms with Gasteiger partial charge in [0, 0.05) is 11.6 Å². The van der Waals surface area contributed by atoms with Gasteiger partial charge in [0.15, 0.2) is 11.5 Å². The monoisotopic (exact) mass is 361 g/mol. The molecular formula is C19H19F2N2O3+. The number of nitrogens with one attached hydrogen (secondary N) is 1. The molecule has 1 amide bonds. The molecule has 2 aromatic carbocycles. The normalized spacial score (nSPS) is 16.8. The number of benzene rings is 2. The number of hydrogen-bond acceptors (Lipinski definition) is 3. The molecule has 1 fully saturated rings. The van der Waals surface area contributed by atoms with Crippen LogP contribution in [0.15, 0.2) is 36.4 Å². The van der Waals surface area contributed by atoms with Gasteiger partial charge in [0.2, 0.25) is 6.79 Å². The second-order valence-corrected chi connectivity index (χ2v) is 6.53. The standard InChI is InChI=1S/C19H18F2N2O3/c20-14-2-3-15(16(21)10-14)19(24)23-7-5-22(6-8-23)11-13-1-4-17-18(9-13)26-12-25-17/h1-4,9-10H,5-8,11-12H2/p+1. The molecule has 2 aliphatic rings. The first-order chi connectivity index (χ1) is 12.6. The topological polar surface area (TPSA) is 43.2 Å². The van der Waals surface area contributed by atoms with Crippen LogP contribution in [0, 0.1) is 11.6 Å². The van der Waals surface area contributed by atoms with Gasteiger partial charge in [-0.1, -0.05) is 0 Å². The largest absolute Gasteiger partial charge is 0.454 e. The summed E-state index contributed by atoms with van der Waals surface area (Å²) in [5, 5.41) is 0. The highest BCUT2D eigenvalue weighted by molar-refractivity contribution is 5.94. The number of amides is 1. The molecular weight excluding hydrogens is 342 g/mol. The number of fused-ring (bicyclic) bond motifs is 1. The van der Waals surface area contributed by atoms with Crippen LogP contribution in [0.5, 0.6) is 11.5 Å². The smallest absolute Gasteiger partial charge is 0.257 e. The van der Waals surface area contributed by atoms with Crippen LogP contribution in [0.4, 0.5) is 8.78 Å². The fraction of sp³-hybridized carbons (Fsp3) is 0.316. The highest BCUT2D eigenvalue weighted by Gasteiger charge is 2.26. The molecule has 7 heteroatoms. The van der Waals surface area contributed by atoms with E-state index in [0.29, 0.717) is 13.1 Å². The van der Waals surface area contributed by atoms with Crippen LogP contribution >= 0.6 is 0 Å². The minimum Gasteiger partial charge on any atom is -0.454 e. The molecule has 0 atom stereocenters. The Morgan fingerprint density at radius 3 is 2.58 bits per heavy atom. The predicted molar refractivity (Wildman–Crippen MR) is 89.2 cm³/mol. The van der Waals surface area contributed by atoms with Crippen molar-refractivity contribution >= 4 is 5.91 Å². The van der Waals surface area contributed by atoms with Crippen LogP contribution in [0.2, 0.25) is 0 Å². The van der Waals surface area contributed by atoms with Crippen molar-refractivity contribution in [2.75, 3.05) is 33.0 Å². The van der Waals surface area contributed by atoms with E-state index in [0.717, 1.165) is 48.8 Å². The van der Waals surface area contributed by atoms with Crippen molar-refractivity contribution in [1.82, 2.24) is 4.90 Å². The fourth-order valence-corrected chi connectivity index (χ4v) is 3.38. The Hall–Kier alpha value is -2.67. The van der Waals surface area contributed by atoms with Crippen LogP contribution in [-0.4, -0.2) is 43.8 Å². The van der Waals surface area contributed by atoms with Gasteiger partial charge in [-0.05, 0) is 30.3 Å². The van der Waals surface area contributed by atoms with Gasteiger partial charge in [0.1, 0.15) is 18.2 Å². The molecule has 4 rings (SSSR count). The Labute approximate surface area is 149 Å². The maximum absolute atomic E-state index is 13.8. The summed E-state index contributed by atoms with van der Waals surface area (Å²) < 4.78 is 37.5. The first-order valence-corrected chi connectivity index (χ1v) is 8.56. The van der Waals surface area contributed by atoms with Gasteiger partial charge in [-0.15, -0.1) is 0 Å². The van der Waals surface area contributed by atoms with Gasteiger partial charge in [-0.3, -0.25) is 4.79 Å². The molecule has 0 saturated carbocycles. The molecule has 0 spiro atoms. The van der Waals surface area contributed by atoms with Gasteiger partial charge < -0.3 is 19.3 Å². The number of ether oxygens (including phenoxy) is 2. The van der Waals surface area contributed by atoms with E-state index < -0.39 is 11.6 Å². The zero-order valence-corrected chi connectivity index (χ0v) is 14.1. The molecule has 0 bridgehead atoms. The first-order valence-electron chi connectivity index (χ1n) is 8.56. The van der Waals surface area contributed by atoms with Crippen molar-refractivity contribution in [3.63, 3.8) is 0 Å². The van der Waals surface area contributed by atoms with Crippen LogP contribution in [0.1, 0.15) is 15.9 Å². The SMILES string of the molecule is O=C(c1ccc(F)cc1F)N1CC[NH+](Cc2ccc3c(c2)OCO3)CC1. The van der Waals surface area contributed by atoms with Crippen LogP contribution in [0.3, 0.4) is 0 Å². The highest BCUT2D eigenvalue weighted by atomic mass is 19.1. The third-order valence-corrected chi connectivity index (χ3v) is 4.81. The Morgan fingerprint density at radius 1 is 1.04 bits per heavy atom. The van der Waals surface area contributed by atoms with Gasteiger partial charge in [0.25, 0.3) is 5.91 Å². The minimum atomic E-state index is -0.815. The number of nitrogens with zero attached hydrogens (tertiary/aromatic N) is 1. The van der Waals surface area contributed by atoms with Crippen molar-refractivity contribution < 1.29 is 27.9 Å². The Kier molecular flexibility index (Phi) is 4.46. The number of halogens is 2. The molecule has 1 N–H and O–H groups in total. The Morgan fingerprint density at radius 2 is 1.81 bits per heavy atom. The van der Waals surface area contributed by atoms with Crippen molar-refractivity contribution in [1.29, 1.82) is 0 Å². The van der Waals surface area contributed by atoms with E-state index in [1.54, 1.807) is 4.90 Å². The minimum absolute atomic E-state index is 0.0781. The lowest BCUT2D eigenvalue weighted by molar-refractivity contribution is -0.917. The zero-order valence-electron chi connectivity index (χ0n) is 14.1. The summed E-state index contributed by atoms with van der Waals surface area (Å²) in [7, 11) is 0. The molecule has 2 heterocycles. The lowest BCUT2D eigenvalue weighted by atomic mass is 10.1. The van der Waals surface area contributed by atoms with E-state index in [4.69, 9.17) is 9.47 Å². The summed E-state index contributed by atoms with van der Waals surface area (Å²) in [6, 6.07) is 8.98. The number of piperazine rings is 1. The predicted octanol–water partition coefficient (Wildman–Crippen LogP) is 1.23. The van der Waals surface area contributed by atoms with Crippen molar-refractivity contribution in [2.24, 2.45) is 0 Å². The third-order valence-electron chi connectivity index (χ3n) is 4.81. The van der Waals surface area contributed by atoms with Crippen molar-refractivity contribution in [2.45, 2.75) is 6.54 Å². The second kappa shape index (κ2) is 6.92. The summed E-state index contributed by atoms with van der Waals surface area (Å²) in [6.45, 7) is 3.69. The van der Waals surface area contributed by atoms with Gasteiger partial charge >= 0.3 is 0 Å². The van der Waals surface area contributed by atoms with E-state index >= 15 is 0 Å². The van der Waals surface area contributed by atoms with E-state index in [-0.39, 0.29) is 18.3 Å². The van der Waals surface area contributed by atoms with E-state index in [9.17, 15) is 13.6 Å². The third kappa shape index (κ3) is 3.35. The molecule has 2 aliphatic heterocycles. The average molecular weight is 361 g/mol. The molecule has 5 nitrogen and oxygen atoms in total. The molecule has 26 heavy (non-hydrogen) atoms. The average Bonchev–Trinajstić information content (AvgIpc) is 3.10. The van der Waals surface area contributed by atoms with Crippen LogP contribution < -0.4 is 14.4 Å². The zero-order chi connectivity index (χ0) is 18.1. The number of carbonyl (C=O) groups is 1. The molecule has 136 valence electrons. The van der Waals surface area contributed by atoms with Gasteiger partial charge in [-0.25, -0.2) is 8.78 Å². The highest BCUT2D eigenvalue weighted by Crippen LogP contribution is 2.32. The lowest BCUT2D eigenvalue weighted by Gasteiger charge is -2.32. The van der Waals surface area contributed by atoms with Crippen LogP contribution in [-0.2, 0) is 6.54 Å². The van der Waals surface area contributed by atoms with Crippen molar-refractivity contribution in [3.8, 4) is 11.5 Å². The fourth-order valence-electron chi connectivity index (χ4n) is 3.38. The molecule has 0 unspecified atom stereocenters. The number of carbonyl (C=O) groups excluding carboxylic acids is 1. The Bertz CT molecular complexity index is 836. The summed E-state index contributed by atoms with van der Waals surface area (Å²) in [5.74, 6) is -0.352. The number of hydrogen-bond donors (Lipinski definition) is 1. The summed E-state index contributed by atoms with van der Waals surface area (Å²) in [4.78, 5) is 15.4. The van der Waals surface area contributed by atoms with Crippen LogP contribution in [0.25, 0.3) is 0 Å². The maximum atomic E-state index is 13.8. The number of quaternary nitrogens is 1. The molecule has 0 aromatic heterocycles. The van der Waals surface area contributed by atoms with Crippen molar-refractivity contribution in [3.05, 3.63) is 59.2 Å². The van der Waals surface area contributed by atoms with E-state index in [1.165, 1.54) is 11.0 Å². The molecule has 0 radical (unpaired) electrons.